The van der Waals surface area contributed by atoms with Crippen molar-refractivity contribution in [3.05, 3.63) is 76.8 Å². The molecule has 1 amide bonds. The van der Waals surface area contributed by atoms with Crippen LogP contribution in [0.2, 0.25) is 5.02 Å². The summed E-state index contributed by atoms with van der Waals surface area (Å²) >= 11 is 5.83. The van der Waals surface area contributed by atoms with E-state index >= 15 is 0 Å². The van der Waals surface area contributed by atoms with Crippen molar-refractivity contribution in [2.24, 2.45) is 0 Å². The van der Waals surface area contributed by atoms with E-state index in [2.05, 4.69) is 20.8 Å². The molecule has 0 bridgehead atoms. The number of nitrogens with one attached hydrogen (secondary N) is 2. The number of hydrogen-bond acceptors (Lipinski definition) is 4. The maximum Gasteiger partial charge on any atom is 0.229 e. The van der Waals surface area contributed by atoms with Crippen molar-refractivity contribution >= 4 is 34.8 Å². The van der Waals surface area contributed by atoms with Crippen LogP contribution in [0, 0.1) is 6.92 Å². The first-order chi connectivity index (χ1) is 12.1. The van der Waals surface area contributed by atoms with Crippen LogP contribution in [0.15, 0.2) is 60.7 Å². The van der Waals surface area contributed by atoms with Crippen LogP contribution in [0.4, 0.5) is 17.3 Å². The summed E-state index contributed by atoms with van der Waals surface area (Å²) in [6.07, 6.45) is 0.252. The molecule has 0 spiro atoms. The molecule has 3 rings (SSSR count). The van der Waals surface area contributed by atoms with Gasteiger partial charge in [0.05, 0.1) is 6.42 Å². The summed E-state index contributed by atoms with van der Waals surface area (Å²) < 4.78 is 0. The molecule has 6 heteroatoms. The predicted octanol–water partition coefficient (Wildman–Crippen LogP) is 4.36. The zero-order chi connectivity index (χ0) is 17.6. The Morgan fingerprint density at radius 1 is 1.00 bits per heavy atom. The summed E-state index contributed by atoms with van der Waals surface area (Å²) in [4.78, 5) is 12.1. The fourth-order valence-corrected chi connectivity index (χ4v) is 2.44. The second-order valence-electron chi connectivity index (χ2n) is 5.65. The molecule has 0 aliphatic carbocycles. The monoisotopic (exact) mass is 352 g/mol. The molecule has 126 valence electrons. The summed E-state index contributed by atoms with van der Waals surface area (Å²) in [6, 6.07) is 18.6. The van der Waals surface area contributed by atoms with E-state index in [0.29, 0.717) is 16.7 Å². The first-order valence-corrected chi connectivity index (χ1v) is 8.18. The van der Waals surface area contributed by atoms with Crippen molar-refractivity contribution in [1.29, 1.82) is 0 Å². The predicted molar refractivity (Wildman–Crippen MR) is 100 cm³/mol. The number of hydrogen-bond donors (Lipinski definition) is 2. The summed E-state index contributed by atoms with van der Waals surface area (Å²) in [7, 11) is 0. The number of aryl methyl sites for hydroxylation is 1. The van der Waals surface area contributed by atoms with Crippen LogP contribution >= 0.6 is 11.6 Å². The Bertz CT molecular complexity index is 863. The van der Waals surface area contributed by atoms with Crippen molar-refractivity contribution in [2.45, 2.75) is 13.3 Å². The Morgan fingerprint density at radius 2 is 1.72 bits per heavy atom. The van der Waals surface area contributed by atoms with Crippen molar-refractivity contribution in [3.63, 3.8) is 0 Å². The lowest BCUT2D eigenvalue weighted by Gasteiger charge is -2.07. The molecule has 2 aromatic carbocycles. The van der Waals surface area contributed by atoms with Gasteiger partial charge in [-0.05, 0) is 54.4 Å². The molecule has 0 aliphatic heterocycles. The van der Waals surface area contributed by atoms with E-state index in [1.807, 2.05) is 43.3 Å². The Kier molecular flexibility index (Phi) is 5.26. The molecule has 0 unspecified atom stereocenters. The Balaban J connectivity index is 1.58. The van der Waals surface area contributed by atoms with E-state index in [9.17, 15) is 4.79 Å². The number of halogens is 1. The van der Waals surface area contributed by atoms with E-state index in [1.165, 1.54) is 0 Å². The third-order valence-corrected chi connectivity index (χ3v) is 3.75. The molecular formula is C19H17ClN4O. The van der Waals surface area contributed by atoms with E-state index in [1.54, 1.807) is 24.3 Å². The first-order valence-electron chi connectivity index (χ1n) is 7.80. The molecular weight excluding hydrogens is 336 g/mol. The van der Waals surface area contributed by atoms with E-state index in [-0.39, 0.29) is 12.3 Å². The number of nitrogens with zero attached hydrogens (tertiary/aromatic N) is 2. The lowest BCUT2D eigenvalue weighted by molar-refractivity contribution is -0.115. The quantitative estimate of drug-likeness (QED) is 0.715. The van der Waals surface area contributed by atoms with Crippen molar-refractivity contribution in [1.82, 2.24) is 10.2 Å². The van der Waals surface area contributed by atoms with Crippen molar-refractivity contribution in [3.8, 4) is 0 Å². The Morgan fingerprint density at radius 3 is 2.40 bits per heavy atom. The van der Waals surface area contributed by atoms with Gasteiger partial charge in [0.1, 0.15) is 0 Å². The van der Waals surface area contributed by atoms with Gasteiger partial charge in [-0.25, -0.2) is 0 Å². The normalized spacial score (nSPS) is 10.3. The topological polar surface area (TPSA) is 66.9 Å². The van der Waals surface area contributed by atoms with Crippen LogP contribution in [0.5, 0.6) is 0 Å². The van der Waals surface area contributed by atoms with Gasteiger partial charge in [0.2, 0.25) is 5.91 Å². The number of carbonyl (C=O) groups is 1. The molecule has 5 nitrogen and oxygen atoms in total. The number of anilines is 3. The highest BCUT2D eigenvalue weighted by molar-refractivity contribution is 6.30. The van der Waals surface area contributed by atoms with Crippen LogP contribution in [0.25, 0.3) is 0 Å². The molecule has 0 radical (unpaired) electrons. The summed E-state index contributed by atoms with van der Waals surface area (Å²) in [5, 5.41) is 14.7. The van der Waals surface area contributed by atoms with Gasteiger partial charge in [0, 0.05) is 10.7 Å². The average molecular weight is 353 g/mol. The number of benzene rings is 2. The average Bonchev–Trinajstić information content (AvgIpc) is 2.59. The van der Waals surface area contributed by atoms with Gasteiger partial charge in [0.15, 0.2) is 11.6 Å². The largest absolute Gasteiger partial charge is 0.339 e. The van der Waals surface area contributed by atoms with Gasteiger partial charge < -0.3 is 10.6 Å². The maximum absolute atomic E-state index is 12.1. The maximum atomic E-state index is 12.1. The molecule has 0 saturated heterocycles. The third-order valence-electron chi connectivity index (χ3n) is 3.50. The molecule has 1 aromatic heterocycles. The first kappa shape index (κ1) is 16.9. The second kappa shape index (κ2) is 7.77. The van der Waals surface area contributed by atoms with Gasteiger partial charge in [-0.3, -0.25) is 4.79 Å². The summed E-state index contributed by atoms with van der Waals surface area (Å²) in [5.41, 5.74) is 2.98. The highest BCUT2D eigenvalue weighted by Gasteiger charge is 2.06. The minimum atomic E-state index is -0.156. The highest BCUT2D eigenvalue weighted by Crippen LogP contribution is 2.16. The van der Waals surface area contributed by atoms with Gasteiger partial charge in [-0.1, -0.05) is 35.9 Å². The smallest absolute Gasteiger partial charge is 0.229 e. The molecule has 0 aliphatic rings. The van der Waals surface area contributed by atoms with Crippen LogP contribution in [0.3, 0.4) is 0 Å². The summed E-state index contributed by atoms with van der Waals surface area (Å²) in [6.45, 7) is 2.02. The number of rotatable bonds is 5. The molecule has 0 fully saturated rings. The zero-order valence-electron chi connectivity index (χ0n) is 13.7. The minimum Gasteiger partial charge on any atom is -0.339 e. The number of amides is 1. The minimum absolute atomic E-state index is 0.156. The van der Waals surface area contributed by atoms with Crippen molar-refractivity contribution in [2.75, 3.05) is 10.6 Å². The lowest BCUT2D eigenvalue weighted by atomic mass is 10.1. The van der Waals surface area contributed by atoms with Crippen LogP contribution < -0.4 is 10.6 Å². The van der Waals surface area contributed by atoms with Gasteiger partial charge in [-0.2, -0.15) is 0 Å². The molecule has 3 aromatic rings. The number of aromatic nitrogens is 2. The fourth-order valence-electron chi connectivity index (χ4n) is 2.31. The molecule has 1 heterocycles. The van der Waals surface area contributed by atoms with E-state index in [4.69, 9.17) is 11.6 Å². The van der Waals surface area contributed by atoms with Gasteiger partial charge >= 0.3 is 0 Å². The van der Waals surface area contributed by atoms with E-state index in [0.717, 1.165) is 16.8 Å². The van der Waals surface area contributed by atoms with Crippen LogP contribution in [-0.2, 0) is 11.2 Å². The molecule has 2 N–H and O–H groups in total. The SMILES string of the molecule is Cc1cccc(Nc2ccc(NC(=O)Cc3ccc(Cl)cc3)nn2)c1. The van der Waals surface area contributed by atoms with Crippen LogP contribution in [-0.4, -0.2) is 16.1 Å². The highest BCUT2D eigenvalue weighted by atomic mass is 35.5. The molecule has 25 heavy (non-hydrogen) atoms. The fraction of sp³-hybridized carbons (Fsp3) is 0.105. The van der Waals surface area contributed by atoms with Gasteiger partial charge in [-0.15, -0.1) is 10.2 Å². The Labute approximate surface area is 151 Å². The van der Waals surface area contributed by atoms with Crippen LogP contribution in [0.1, 0.15) is 11.1 Å². The van der Waals surface area contributed by atoms with Gasteiger partial charge in [0.25, 0.3) is 0 Å². The number of carbonyl (C=O) groups excluding carboxylic acids is 1. The third kappa shape index (κ3) is 5.02. The summed E-state index contributed by atoms with van der Waals surface area (Å²) in [5.74, 6) is 0.867. The molecule has 0 saturated carbocycles. The van der Waals surface area contributed by atoms with Crippen molar-refractivity contribution < 1.29 is 4.79 Å². The lowest BCUT2D eigenvalue weighted by Crippen LogP contribution is -2.15. The standard InChI is InChI=1S/C19H17ClN4O/c1-13-3-2-4-16(11-13)21-17-9-10-18(24-23-17)22-19(25)12-14-5-7-15(20)8-6-14/h2-11H,12H2,1H3,(H,21,23)(H,22,24,25). The molecule has 0 atom stereocenters. The zero-order valence-corrected chi connectivity index (χ0v) is 14.4. The second-order valence-corrected chi connectivity index (χ2v) is 6.09. The van der Waals surface area contributed by atoms with E-state index < -0.39 is 0 Å². The Hall–Kier alpha value is -2.92.